The number of hydrogen-bond acceptors (Lipinski definition) is 3. The molecule has 1 aromatic rings. The van der Waals surface area contributed by atoms with E-state index < -0.39 is 5.60 Å². The summed E-state index contributed by atoms with van der Waals surface area (Å²) in [6, 6.07) is 8.70. The second-order valence-corrected chi connectivity index (χ2v) is 5.62. The number of piperidine rings is 1. The van der Waals surface area contributed by atoms with Crippen LogP contribution in [0.4, 0.5) is 0 Å². The lowest BCUT2D eigenvalue weighted by Gasteiger charge is -2.35. The molecule has 3 atom stereocenters. The molecular formula is C15H21NO2. The first kappa shape index (κ1) is 12.0. The van der Waals surface area contributed by atoms with Crippen molar-refractivity contribution in [3.63, 3.8) is 0 Å². The smallest absolute Gasteiger partial charge is 0.118 e. The number of aliphatic hydroxyl groups is 1. The Morgan fingerprint density at radius 3 is 2.61 bits per heavy atom. The number of fused-ring (bicyclic) bond motifs is 2. The van der Waals surface area contributed by atoms with Crippen molar-refractivity contribution in [2.75, 3.05) is 14.2 Å². The van der Waals surface area contributed by atoms with Crippen LogP contribution in [0, 0.1) is 0 Å². The first-order chi connectivity index (χ1) is 8.65. The van der Waals surface area contributed by atoms with Crippen LogP contribution in [0.1, 0.15) is 31.2 Å². The molecule has 0 aliphatic carbocycles. The van der Waals surface area contributed by atoms with Gasteiger partial charge in [-0.2, -0.15) is 0 Å². The molecule has 0 spiro atoms. The van der Waals surface area contributed by atoms with E-state index in [0.717, 1.165) is 24.2 Å². The number of ether oxygens (including phenoxy) is 1. The van der Waals surface area contributed by atoms with Crippen LogP contribution >= 0.6 is 0 Å². The molecule has 1 aromatic carbocycles. The molecule has 0 saturated carbocycles. The van der Waals surface area contributed by atoms with Crippen LogP contribution in [-0.2, 0) is 5.60 Å². The van der Waals surface area contributed by atoms with Gasteiger partial charge in [-0.15, -0.1) is 0 Å². The predicted molar refractivity (Wildman–Crippen MR) is 70.7 cm³/mol. The minimum Gasteiger partial charge on any atom is -0.497 e. The van der Waals surface area contributed by atoms with E-state index in [1.54, 1.807) is 7.11 Å². The van der Waals surface area contributed by atoms with Gasteiger partial charge in [-0.25, -0.2) is 0 Å². The van der Waals surface area contributed by atoms with Gasteiger partial charge in [0.05, 0.1) is 7.11 Å². The molecule has 2 bridgehead atoms. The van der Waals surface area contributed by atoms with Crippen molar-refractivity contribution in [3.8, 4) is 5.75 Å². The summed E-state index contributed by atoms with van der Waals surface area (Å²) in [5.74, 6) is 0.844. The van der Waals surface area contributed by atoms with Gasteiger partial charge >= 0.3 is 0 Å². The fraction of sp³-hybridized carbons (Fsp3) is 0.600. The Hall–Kier alpha value is -1.06. The quantitative estimate of drug-likeness (QED) is 0.869. The van der Waals surface area contributed by atoms with Crippen molar-refractivity contribution >= 4 is 0 Å². The molecule has 98 valence electrons. The molecule has 2 aliphatic rings. The summed E-state index contributed by atoms with van der Waals surface area (Å²) in [4.78, 5) is 2.37. The maximum absolute atomic E-state index is 11.1. The predicted octanol–water partition coefficient (Wildman–Crippen LogP) is 2.14. The molecule has 18 heavy (non-hydrogen) atoms. The molecule has 2 saturated heterocycles. The number of hydrogen-bond donors (Lipinski definition) is 1. The van der Waals surface area contributed by atoms with Gasteiger partial charge in [0.1, 0.15) is 11.4 Å². The highest BCUT2D eigenvalue weighted by atomic mass is 16.5. The SMILES string of the molecule is COc1ccc(C2(O)CC3CCCC2N3C)cc1. The van der Waals surface area contributed by atoms with Gasteiger partial charge < -0.3 is 9.84 Å². The van der Waals surface area contributed by atoms with Crippen molar-refractivity contribution in [2.45, 2.75) is 43.4 Å². The average molecular weight is 247 g/mol. The third-order valence-electron chi connectivity index (χ3n) is 4.77. The summed E-state index contributed by atoms with van der Waals surface area (Å²) >= 11 is 0. The normalized spacial score (nSPS) is 35.7. The van der Waals surface area contributed by atoms with E-state index in [1.807, 2.05) is 24.3 Å². The molecule has 0 radical (unpaired) electrons. The minimum atomic E-state index is -0.678. The first-order valence-electron chi connectivity index (χ1n) is 6.74. The van der Waals surface area contributed by atoms with Crippen LogP contribution in [0.5, 0.6) is 5.75 Å². The van der Waals surface area contributed by atoms with Gasteiger partial charge in [-0.1, -0.05) is 18.6 Å². The summed E-state index contributed by atoms with van der Waals surface area (Å²) in [5.41, 5.74) is 0.354. The number of nitrogens with zero attached hydrogens (tertiary/aromatic N) is 1. The lowest BCUT2D eigenvalue weighted by atomic mass is 9.85. The maximum Gasteiger partial charge on any atom is 0.118 e. The van der Waals surface area contributed by atoms with E-state index in [-0.39, 0.29) is 6.04 Å². The zero-order valence-electron chi connectivity index (χ0n) is 11.1. The monoisotopic (exact) mass is 247 g/mol. The summed E-state index contributed by atoms with van der Waals surface area (Å²) in [7, 11) is 3.82. The molecule has 0 aromatic heterocycles. The molecule has 1 N–H and O–H groups in total. The zero-order valence-corrected chi connectivity index (χ0v) is 11.1. The Bertz CT molecular complexity index is 431. The Morgan fingerprint density at radius 1 is 1.28 bits per heavy atom. The Morgan fingerprint density at radius 2 is 2.00 bits per heavy atom. The largest absolute Gasteiger partial charge is 0.497 e. The second-order valence-electron chi connectivity index (χ2n) is 5.62. The fourth-order valence-electron chi connectivity index (χ4n) is 3.72. The standard InChI is InChI=1S/C15H21NO2/c1-16-12-4-3-5-14(16)15(17,10-12)11-6-8-13(18-2)9-7-11/h6-9,12,14,17H,3-5,10H2,1-2H3. The molecular weight excluding hydrogens is 226 g/mol. The number of rotatable bonds is 2. The number of methoxy groups -OCH3 is 1. The van der Waals surface area contributed by atoms with Crippen molar-refractivity contribution in [3.05, 3.63) is 29.8 Å². The van der Waals surface area contributed by atoms with Crippen molar-refractivity contribution in [1.29, 1.82) is 0 Å². The topological polar surface area (TPSA) is 32.7 Å². The van der Waals surface area contributed by atoms with Crippen molar-refractivity contribution < 1.29 is 9.84 Å². The third kappa shape index (κ3) is 1.65. The fourth-order valence-corrected chi connectivity index (χ4v) is 3.72. The highest BCUT2D eigenvalue weighted by Gasteiger charge is 2.52. The van der Waals surface area contributed by atoms with E-state index in [1.165, 1.54) is 12.8 Å². The molecule has 3 rings (SSSR count). The van der Waals surface area contributed by atoms with Gasteiger partial charge in [0.2, 0.25) is 0 Å². The number of likely N-dealkylation sites (N-methyl/N-ethyl adjacent to an activating group) is 1. The summed E-state index contributed by atoms with van der Waals surface area (Å²) in [6.45, 7) is 0. The van der Waals surface area contributed by atoms with E-state index >= 15 is 0 Å². The summed E-state index contributed by atoms with van der Waals surface area (Å²) in [5, 5.41) is 11.1. The second kappa shape index (κ2) is 4.25. The van der Waals surface area contributed by atoms with Crippen LogP contribution in [0.25, 0.3) is 0 Å². The first-order valence-corrected chi connectivity index (χ1v) is 6.74. The van der Waals surface area contributed by atoms with Gasteiger partial charge in [0.25, 0.3) is 0 Å². The zero-order chi connectivity index (χ0) is 12.8. The molecule has 3 heteroatoms. The van der Waals surface area contributed by atoms with Crippen LogP contribution < -0.4 is 4.74 Å². The van der Waals surface area contributed by atoms with Gasteiger partial charge in [0, 0.05) is 12.1 Å². The van der Waals surface area contributed by atoms with Crippen molar-refractivity contribution in [2.24, 2.45) is 0 Å². The molecule has 2 aliphatic heterocycles. The Labute approximate surface area is 108 Å². The van der Waals surface area contributed by atoms with Gasteiger partial charge in [0.15, 0.2) is 0 Å². The van der Waals surface area contributed by atoms with Crippen LogP contribution in [0.2, 0.25) is 0 Å². The maximum atomic E-state index is 11.1. The van der Waals surface area contributed by atoms with Gasteiger partial charge in [-0.05, 0) is 44.0 Å². The van der Waals surface area contributed by atoms with Crippen LogP contribution in [0.15, 0.2) is 24.3 Å². The lowest BCUT2D eigenvalue weighted by Crippen LogP contribution is -2.43. The summed E-state index contributed by atoms with van der Waals surface area (Å²) in [6.07, 6.45) is 4.40. The molecule has 2 fully saturated rings. The minimum absolute atomic E-state index is 0.268. The van der Waals surface area contributed by atoms with E-state index in [0.29, 0.717) is 6.04 Å². The average Bonchev–Trinajstić information content (AvgIpc) is 2.55. The van der Waals surface area contributed by atoms with E-state index in [9.17, 15) is 5.11 Å². The van der Waals surface area contributed by atoms with Crippen LogP contribution in [0.3, 0.4) is 0 Å². The Kier molecular flexibility index (Phi) is 2.83. The van der Waals surface area contributed by atoms with E-state index in [2.05, 4.69) is 11.9 Å². The molecule has 0 amide bonds. The van der Waals surface area contributed by atoms with Crippen molar-refractivity contribution in [1.82, 2.24) is 4.90 Å². The van der Waals surface area contributed by atoms with Gasteiger partial charge in [-0.3, -0.25) is 4.90 Å². The highest BCUT2D eigenvalue weighted by Crippen LogP contribution is 2.47. The third-order valence-corrected chi connectivity index (χ3v) is 4.77. The van der Waals surface area contributed by atoms with E-state index in [4.69, 9.17) is 4.74 Å². The number of benzene rings is 1. The van der Waals surface area contributed by atoms with Crippen LogP contribution in [-0.4, -0.2) is 36.2 Å². The lowest BCUT2D eigenvalue weighted by molar-refractivity contribution is -0.00275. The Balaban J connectivity index is 1.94. The highest BCUT2D eigenvalue weighted by molar-refractivity contribution is 5.33. The molecule has 2 heterocycles. The molecule has 3 unspecified atom stereocenters. The summed E-state index contributed by atoms with van der Waals surface area (Å²) < 4.78 is 5.18. The molecule has 3 nitrogen and oxygen atoms in total.